The van der Waals surface area contributed by atoms with Crippen LogP contribution in [-0.2, 0) is 13.1 Å². The van der Waals surface area contributed by atoms with Crippen LogP contribution in [0.2, 0.25) is 5.02 Å². The molecule has 0 saturated heterocycles. The second kappa shape index (κ2) is 7.87. The average Bonchev–Trinajstić information content (AvgIpc) is 3.00. The van der Waals surface area contributed by atoms with E-state index >= 15 is 0 Å². The first-order chi connectivity index (χ1) is 11.0. The van der Waals surface area contributed by atoms with Crippen molar-refractivity contribution in [3.8, 4) is 5.75 Å². The van der Waals surface area contributed by atoms with Crippen molar-refractivity contribution in [3.05, 3.63) is 46.3 Å². The number of urea groups is 1. The van der Waals surface area contributed by atoms with Gasteiger partial charge in [0.2, 0.25) is 0 Å². The summed E-state index contributed by atoms with van der Waals surface area (Å²) in [5.74, 6) is 1.54. The average molecular weight is 338 g/mol. The van der Waals surface area contributed by atoms with E-state index in [1.54, 1.807) is 19.2 Å². The molecule has 0 bridgehead atoms. The fourth-order valence-electron chi connectivity index (χ4n) is 1.95. The summed E-state index contributed by atoms with van der Waals surface area (Å²) in [5.41, 5.74) is 1.71. The Morgan fingerprint density at radius 1 is 1.30 bits per heavy atom. The van der Waals surface area contributed by atoms with Crippen molar-refractivity contribution < 1.29 is 14.1 Å². The second-order valence-corrected chi connectivity index (χ2v) is 5.80. The number of nitrogens with zero attached hydrogens (tertiary/aromatic N) is 1. The number of hydrogen-bond donors (Lipinski definition) is 2. The Bertz CT molecular complexity index is 670. The van der Waals surface area contributed by atoms with Gasteiger partial charge in [-0.3, -0.25) is 0 Å². The predicted octanol–water partition coefficient (Wildman–Crippen LogP) is 3.46. The van der Waals surface area contributed by atoms with Gasteiger partial charge >= 0.3 is 6.03 Å². The molecular formula is C16H20ClN3O3. The lowest BCUT2D eigenvalue weighted by Crippen LogP contribution is -2.34. The summed E-state index contributed by atoms with van der Waals surface area (Å²) in [6, 6.07) is 6.81. The van der Waals surface area contributed by atoms with Crippen LogP contribution in [0.3, 0.4) is 0 Å². The van der Waals surface area contributed by atoms with Gasteiger partial charge in [-0.05, 0) is 18.1 Å². The van der Waals surface area contributed by atoms with E-state index in [-0.39, 0.29) is 12.6 Å². The van der Waals surface area contributed by atoms with Crippen molar-refractivity contribution in [2.75, 3.05) is 7.11 Å². The topological polar surface area (TPSA) is 76.4 Å². The lowest BCUT2D eigenvalue weighted by molar-refractivity contribution is 0.238. The number of ether oxygens (including phenoxy) is 1. The molecule has 0 aliphatic carbocycles. The third-order valence-electron chi connectivity index (χ3n) is 3.28. The molecule has 0 fully saturated rings. The normalized spacial score (nSPS) is 10.7. The van der Waals surface area contributed by atoms with Crippen LogP contribution < -0.4 is 15.4 Å². The Morgan fingerprint density at radius 2 is 2.04 bits per heavy atom. The molecule has 1 aromatic heterocycles. The van der Waals surface area contributed by atoms with Crippen LogP contribution in [-0.4, -0.2) is 18.3 Å². The number of aromatic nitrogens is 1. The minimum Gasteiger partial charge on any atom is -0.496 e. The number of rotatable bonds is 6. The molecule has 0 unspecified atom stereocenters. The molecule has 7 heteroatoms. The van der Waals surface area contributed by atoms with Gasteiger partial charge in [0.05, 0.1) is 19.3 Å². The highest BCUT2D eigenvalue weighted by atomic mass is 35.5. The van der Waals surface area contributed by atoms with Crippen LogP contribution >= 0.6 is 11.6 Å². The standard InChI is InChI=1S/C16H20ClN3O3/c1-10(2)14-7-13(23-20-14)9-19-16(21)18-8-11-4-5-12(17)6-15(11)22-3/h4-7,10H,8-9H2,1-3H3,(H2,18,19,21). The maximum atomic E-state index is 11.8. The van der Waals surface area contributed by atoms with Gasteiger partial charge in [-0.1, -0.05) is 36.7 Å². The largest absolute Gasteiger partial charge is 0.496 e. The van der Waals surface area contributed by atoms with E-state index in [1.165, 1.54) is 0 Å². The molecule has 2 N–H and O–H groups in total. The number of methoxy groups -OCH3 is 1. The van der Waals surface area contributed by atoms with Crippen molar-refractivity contribution in [3.63, 3.8) is 0 Å². The van der Waals surface area contributed by atoms with Gasteiger partial charge in [0.25, 0.3) is 0 Å². The van der Waals surface area contributed by atoms with Gasteiger partial charge in [-0.15, -0.1) is 0 Å². The smallest absolute Gasteiger partial charge is 0.315 e. The number of carbonyl (C=O) groups excluding carboxylic acids is 1. The zero-order valence-electron chi connectivity index (χ0n) is 13.4. The molecular weight excluding hydrogens is 318 g/mol. The van der Waals surface area contributed by atoms with Crippen molar-refractivity contribution in [1.82, 2.24) is 15.8 Å². The highest BCUT2D eigenvalue weighted by Gasteiger charge is 2.10. The molecule has 0 radical (unpaired) electrons. The number of halogens is 1. The fourth-order valence-corrected chi connectivity index (χ4v) is 2.12. The summed E-state index contributed by atoms with van der Waals surface area (Å²) >= 11 is 5.90. The lowest BCUT2D eigenvalue weighted by Gasteiger charge is -2.10. The van der Waals surface area contributed by atoms with E-state index in [2.05, 4.69) is 15.8 Å². The zero-order chi connectivity index (χ0) is 16.8. The Hall–Kier alpha value is -2.21. The number of hydrogen-bond acceptors (Lipinski definition) is 4. The van der Waals surface area contributed by atoms with Crippen molar-refractivity contribution in [1.29, 1.82) is 0 Å². The highest BCUT2D eigenvalue weighted by Crippen LogP contribution is 2.22. The van der Waals surface area contributed by atoms with Gasteiger partial charge < -0.3 is 19.9 Å². The molecule has 2 rings (SSSR count). The van der Waals surface area contributed by atoms with E-state index in [0.717, 1.165) is 11.3 Å². The van der Waals surface area contributed by atoms with E-state index < -0.39 is 0 Å². The number of nitrogens with one attached hydrogen (secondary N) is 2. The Labute approximate surface area is 140 Å². The molecule has 0 atom stereocenters. The van der Waals surface area contributed by atoms with E-state index in [9.17, 15) is 4.79 Å². The van der Waals surface area contributed by atoms with Crippen molar-refractivity contribution in [2.45, 2.75) is 32.9 Å². The Morgan fingerprint density at radius 3 is 2.70 bits per heavy atom. The number of carbonyl (C=O) groups is 1. The molecule has 23 heavy (non-hydrogen) atoms. The quantitative estimate of drug-likeness (QED) is 0.846. The molecule has 1 heterocycles. The summed E-state index contributed by atoms with van der Waals surface area (Å²) in [5, 5.41) is 10.0. The summed E-state index contributed by atoms with van der Waals surface area (Å²) in [6.07, 6.45) is 0. The monoisotopic (exact) mass is 337 g/mol. The van der Waals surface area contributed by atoms with Crippen LogP contribution in [0.5, 0.6) is 5.75 Å². The summed E-state index contributed by atoms with van der Waals surface area (Å²) in [6.45, 7) is 4.67. The molecule has 6 nitrogen and oxygen atoms in total. The first kappa shape index (κ1) is 17.1. The number of amides is 2. The fraction of sp³-hybridized carbons (Fsp3) is 0.375. The van der Waals surface area contributed by atoms with E-state index in [1.807, 2.05) is 26.0 Å². The molecule has 0 spiro atoms. The molecule has 2 aromatic rings. The molecule has 0 aliphatic rings. The maximum Gasteiger partial charge on any atom is 0.315 e. The first-order valence-electron chi connectivity index (χ1n) is 7.29. The minimum atomic E-state index is -0.301. The summed E-state index contributed by atoms with van der Waals surface area (Å²) < 4.78 is 10.4. The van der Waals surface area contributed by atoms with Crippen LogP contribution in [0.4, 0.5) is 4.79 Å². The summed E-state index contributed by atoms with van der Waals surface area (Å²) in [4.78, 5) is 11.8. The third kappa shape index (κ3) is 4.89. The van der Waals surface area contributed by atoms with E-state index in [0.29, 0.717) is 29.0 Å². The number of benzene rings is 1. The Kier molecular flexibility index (Phi) is 5.87. The van der Waals surface area contributed by atoms with Gasteiger partial charge in [0.1, 0.15) is 5.75 Å². The Balaban J connectivity index is 1.83. The molecule has 0 saturated carbocycles. The molecule has 2 amide bonds. The molecule has 124 valence electrons. The maximum absolute atomic E-state index is 11.8. The second-order valence-electron chi connectivity index (χ2n) is 5.37. The van der Waals surface area contributed by atoms with Gasteiger partial charge in [-0.25, -0.2) is 4.79 Å². The third-order valence-corrected chi connectivity index (χ3v) is 3.52. The highest BCUT2D eigenvalue weighted by molar-refractivity contribution is 6.30. The van der Waals surface area contributed by atoms with Crippen LogP contribution in [0.25, 0.3) is 0 Å². The van der Waals surface area contributed by atoms with Gasteiger partial charge in [0.15, 0.2) is 5.76 Å². The summed E-state index contributed by atoms with van der Waals surface area (Å²) in [7, 11) is 1.56. The molecule has 0 aliphatic heterocycles. The lowest BCUT2D eigenvalue weighted by atomic mass is 10.1. The zero-order valence-corrected chi connectivity index (χ0v) is 14.1. The SMILES string of the molecule is COc1cc(Cl)ccc1CNC(=O)NCc1cc(C(C)C)no1. The van der Waals surface area contributed by atoms with Crippen LogP contribution in [0.1, 0.15) is 36.8 Å². The van der Waals surface area contributed by atoms with E-state index in [4.69, 9.17) is 20.9 Å². The van der Waals surface area contributed by atoms with Crippen LogP contribution in [0, 0.1) is 0 Å². The first-order valence-corrected chi connectivity index (χ1v) is 7.67. The predicted molar refractivity (Wildman–Crippen MR) is 87.7 cm³/mol. The van der Waals surface area contributed by atoms with Crippen molar-refractivity contribution >= 4 is 17.6 Å². The minimum absolute atomic E-state index is 0.281. The van der Waals surface area contributed by atoms with Crippen LogP contribution in [0.15, 0.2) is 28.8 Å². The van der Waals surface area contributed by atoms with Gasteiger partial charge in [-0.2, -0.15) is 0 Å². The molecule has 1 aromatic carbocycles. The van der Waals surface area contributed by atoms with Crippen molar-refractivity contribution in [2.24, 2.45) is 0 Å². The van der Waals surface area contributed by atoms with Gasteiger partial charge in [0, 0.05) is 23.2 Å².